The Morgan fingerprint density at radius 3 is 2.28 bits per heavy atom. The van der Waals surface area contributed by atoms with Crippen molar-refractivity contribution in [3.63, 3.8) is 0 Å². The molecule has 0 unspecified atom stereocenters. The normalized spacial score (nSPS) is 11.7. The zero-order valence-electron chi connectivity index (χ0n) is 10.5. The Labute approximate surface area is 107 Å². The summed E-state index contributed by atoms with van der Waals surface area (Å²) < 4.78 is 25.6. The molecule has 0 spiro atoms. The minimum absolute atomic E-state index is 0.0119. The summed E-state index contributed by atoms with van der Waals surface area (Å²) in [6, 6.07) is 6.51. The van der Waals surface area contributed by atoms with E-state index in [1.54, 1.807) is 19.1 Å². The number of benzene rings is 1. The van der Waals surface area contributed by atoms with Crippen LogP contribution in [-0.2, 0) is 14.8 Å². The van der Waals surface area contributed by atoms with Gasteiger partial charge in [0.1, 0.15) is 0 Å². The summed E-state index contributed by atoms with van der Waals surface area (Å²) in [7, 11) is -3.59. The number of carboxylic acids is 1. The van der Waals surface area contributed by atoms with Gasteiger partial charge in [-0.3, -0.25) is 4.79 Å². The first-order valence-electron chi connectivity index (χ1n) is 5.66. The molecular weight excluding hydrogens is 254 g/mol. The second-order valence-electron chi connectivity index (χ2n) is 3.95. The van der Waals surface area contributed by atoms with Gasteiger partial charge in [-0.15, -0.1) is 0 Å². The molecule has 0 aliphatic heterocycles. The second-order valence-corrected chi connectivity index (χ2v) is 5.89. The highest BCUT2D eigenvalue weighted by Crippen LogP contribution is 2.16. The van der Waals surface area contributed by atoms with E-state index in [-0.39, 0.29) is 24.4 Å². The van der Waals surface area contributed by atoms with Crippen molar-refractivity contribution in [3.8, 4) is 0 Å². The predicted octanol–water partition coefficient (Wildman–Crippen LogP) is 1.48. The molecule has 0 bridgehead atoms. The molecule has 0 aliphatic carbocycles. The van der Waals surface area contributed by atoms with Crippen LogP contribution in [0.5, 0.6) is 0 Å². The molecular formula is C12H17NO4S. The SMILES string of the molecule is CCN(CCC(=O)O)S(=O)(=O)c1ccc(C)cc1. The predicted molar refractivity (Wildman–Crippen MR) is 67.9 cm³/mol. The lowest BCUT2D eigenvalue weighted by Gasteiger charge is -2.19. The molecule has 0 atom stereocenters. The second kappa shape index (κ2) is 5.97. The first-order chi connectivity index (χ1) is 8.37. The molecule has 0 aromatic heterocycles. The molecule has 5 nitrogen and oxygen atoms in total. The molecule has 0 heterocycles. The van der Waals surface area contributed by atoms with Gasteiger partial charge >= 0.3 is 5.97 Å². The fourth-order valence-electron chi connectivity index (χ4n) is 1.53. The standard InChI is InChI=1S/C12H17NO4S/c1-3-13(9-8-12(14)15)18(16,17)11-6-4-10(2)5-7-11/h4-7H,3,8-9H2,1-2H3,(H,14,15). The van der Waals surface area contributed by atoms with Crippen LogP contribution < -0.4 is 0 Å². The van der Waals surface area contributed by atoms with Gasteiger partial charge < -0.3 is 5.11 Å². The van der Waals surface area contributed by atoms with Gasteiger partial charge in [-0.1, -0.05) is 24.6 Å². The van der Waals surface area contributed by atoms with Crippen molar-refractivity contribution in [3.05, 3.63) is 29.8 Å². The van der Waals surface area contributed by atoms with Gasteiger partial charge in [0.2, 0.25) is 10.0 Å². The van der Waals surface area contributed by atoms with Crippen LogP contribution in [-0.4, -0.2) is 36.9 Å². The van der Waals surface area contributed by atoms with E-state index in [9.17, 15) is 13.2 Å². The number of carbonyl (C=O) groups is 1. The maximum Gasteiger partial charge on any atom is 0.304 e. The third kappa shape index (κ3) is 3.54. The summed E-state index contributed by atoms with van der Waals surface area (Å²) in [5.74, 6) is -1.01. The van der Waals surface area contributed by atoms with E-state index in [4.69, 9.17) is 5.11 Å². The van der Waals surface area contributed by atoms with Crippen molar-refractivity contribution in [1.82, 2.24) is 4.31 Å². The summed E-state index contributed by atoms with van der Waals surface area (Å²) in [5, 5.41) is 8.61. The topological polar surface area (TPSA) is 74.7 Å². The lowest BCUT2D eigenvalue weighted by Crippen LogP contribution is -2.32. The zero-order valence-corrected chi connectivity index (χ0v) is 11.3. The molecule has 0 saturated heterocycles. The maximum absolute atomic E-state index is 12.2. The first kappa shape index (κ1) is 14.7. The first-order valence-corrected chi connectivity index (χ1v) is 7.10. The molecule has 1 rings (SSSR count). The van der Waals surface area contributed by atoms with Gasteiger partial charge in [0.05, 0.1) is 11.3 Å². The molecule has 1 aromatic carbocycles. The Hall–Kier alpha value is -1.40. The van der Waals surface area contributed by atoms with Gasteiger partial charge in [0, 0.05) is 13.1 Å². The maximum atomic E-state index is 12.2. The number of rotatable bonds is 6. The van der Waals surface area contributed by atoms with Crippen LogP contribution in [0.25, 0.3) is 0 Å². The van der Waals surface area contributed by atoms with E-state index in [0.717, 1.165) is 5.56 Å². The minimum atomic E-state index is -3.59. The number of nitrogens with zero attached hydrogens (tertiary/aromatic N) is 1. The Balaban J connectivity index is 2.95. The lowest BCUT2D eigenvalue weighted by molar-refractivity contribution is -0.137. The number of hydrogen-bond donors (Lipinski definition) is 1. The van der Waals surface area contributed by atoms with E-state index in [2.05, 4.69) is 0 Å². The average Bonchev–Trinajstić information content (AvgIpc) is 2.29. The Kier molecular flexibility index (Phi) is 4.86. The Morgan fingerprint density at radius 2 is 1.83 bits per heavy atom. The van der Waals surface area contributed by atoms with Crippen LogP contribution in [0.15, 0.2) is 29.2 Å². The molecule has 0 saturated carbocycles. The summed E-state index contributed by atoms with van der Waals surface area (Å²) in [4.78, 5) is 10.7. The third-order valence-electron chi connectivity index (χ3n) is 2.59. The van der Waals surface area contributed by atoms with E-state index in [1.165, 1.54) is 16.4 Å². The van der Waals surface area contributed by atoms with Crippen molar-refractivity contribution in [1.29, 1.82) is 0 Å². The van der Waals surface area contributed by atoms with Gasteiger partial charge in [0.15, 0.2) is 0 Å². The van der Waals surface area contributed by atoms with Gasteiger partial charge in [0.25, 0.3) is 0 Å². The summed E-state index contributed by atoms with van der Waals surface area (Å²) in [6.45, 7) is 3.80. The fourth-order valence-corrected chi connectivity index (χ4v) is 2.98. The number of aryl methyl sites for hydroxylation is 1. The molecule has 0 fully saturated rings. The Morgan fingerprint density at radius 1 is 1.28 bits per heavy atom. The van der Waals surface area contributed by atoms with Crippen molar-refractivity contribution < 1.29 is 18.3 Å². The highest BCUT2D eigenvalue weighted by molar-refractivity contribution is 7.89. The number of hydrogen-bond acceptors (Lipinski definition) is 3. The Bertz CT molecular complexity index is 507. The van der Waals surface area contributed by atoms with E-state index < -0.39 is 16.0 Å². The molecule has 100 valence electrons. The van der Waals surface area contributed by atoms with Crippen molar-refractivity contribution in [2.24, 2.45) is 0 Å². The summed E-state index contributed by atoms with van der Waals surface area (Å²) in [5.41, 5.74) is 0.975. The van der Waals surface area contributed by atoms with Crippen LogP contribution >= 0.6 is 0 Å². The third-order valence-corrected chi connectivity index (χ3v) is 4.58. The number of aliphatic carboxylic acids is 1. The van der Waals surface area contributed by atoms with Crippen molar-refractivity contribution in [2.45, 2.75) is 25.2 Å². The lowest BCUT2D eigenvalue weighted by atomic mass is 10.2. The fraction of sp³-hybridized carbons (Fsp3) is 0.417. The number of sulfonamides is 1. The van der Waals surface area contributed by atoms with Crippen LogP contribution in [0.2, 0.25) is 0 Å². The molecule has 0 amide bonds. The van der Waals surface area contributed by atoms with Crippen LogP contribution in [0.4, 0.5) is 0 Å². The zero-order chi connectivity index (χ0) is 13.8. The summed E-state index contributed by atoms with van der Waals surface area (Å²) in [6.07, 6.45) is -0.196. The molecule has 0 aliphatic rings. The van der Waals surface area contributed by atoms with Crippen LogP contribution in [0.3, 0.4) is 0 Å². The van der Waals surface area contributed by atoms with E-state index in [0.29, 0.717) is 0 Å². The average molecular weight is 271 g/mol. The largest absolute Gasteiger partial charge is 0.481 e. The molecule has 1 aromatic rings. The molecule has 18 heavy (non-hydrogen) atoms. The summed E-state index contributed by atoms with van der Waals surface area (Å²) >= 11 is 0. The van der Waals surface area contributed by atoms with E-state index >= 15 is 0 Å². The molecule has 6 heteroatoms. The van der Waals surface area contributed by atoms with Gasteiger partial charge in [-0.25, -0.2) is 8.42 Å². The van der Waals surface area contributed by atoms with Crippen molar-refractivity contribution in [2.75, 3.05) is 13.1 Å². The number of carboxylic acid groups (broad SMARTS) is 1. The monoisotopic (exact) mass is 271 g/mol. The smallest absolute Gasteiger partial charge is 0.304 e. The van der Waals surface area contributed by atoms with Gasteiger partial charge in [-0.05, 0) is 19.1 Å². The van der Waals surface area contributed by atoms with Gasteiger partial charge in [-0.2, -0.15) is 4.31 Å². The van der Waals surface area contributed by atoms with Crippen LogP contribution in [0.1, 0.15) is 18.9 Å². The molecule has 0 radical (unpaired) electrons. The van der Waals surface area contributed by atoms with Crippen LogP contribution in [0, 0.1) is 6.92 Å². The highest BCUT2D eigenvalue weighted by atomic mass is 32.2. The van der Waals surface area contributed by atoms with E-state index in [1.807, 2.05) is 6.92 Å². The molecule has 1 N–H and O–H groups in total. The van der Waals surface area contributed by atoms with Crippen molar-refractivity contribution >= 4 is 16.0 Å². The highest BCUT2D eigenvalue weighted by Gasteiger charge is 2.23. The minimum Gasteiger partial charge on any atom is -0.481 e. The quantitative estimate of drug-likeness (QED) is 0.850.